The smallest absolute Gasteiger partial charge is 0.251 e. The van der Waals surface area contributed by atoms with Gasteiger partial charge < -0.3 is 5.32 Å². The van der Waals surface area contributed by atoms with Gasteiger partial charge in [0.1, 0.15) is 5.82 Å². The van der Waals surface area contributed by atoms with Gasteiger partial charge in [0.15, 0.2) is 5.78 Å². The van der Waals surface area contributed by atoms with Crippen molar-refractivity contribution in [1.29, 1.82) is 0 Å². The van der Waals surface area contributed by atoms with E-state index in [1.807, 2.05) is 42.5 Å². The Morgan fingerprint density at radius 1 is 0.903 bits per heavy atom. The predicted octanol–water partition coefficient (Wildman–Crippen LogP) is 4.43. The topological polar surface area (TPSA) is 49.4 Å². The molecule has 3 aromatic rings. The Kier molecular flexibility index (Phi) is 5.12. The highest BCUT2D eigenvalue weighted by atomic mass is 19.1. The maximum absolute atomic E-state index is 13.1. The Hall–Kier alpha value is -3.31. The fourth-order valence-corrected chi connectivity index (χ4v) is 4.52. The van der Waals surface area contributed by atoms with Crippen LogP contribution >= 0.6 is 0 Å². The molecule has 1 fully saturated rings. The van der Waals surface area contributed by atoms with Crippen LogP contribution in [0, 0.1) is 5.82 Å². The van der Waals surface area contributed by atoms with Gasteiger partial charge in [-0.3, -0.25) is 14.5 Å². The summed E-state index contributed by atoms with van der Waals surface area (Å²) in [5, 5.41) is 3.13. The molecular weight excluding hydrogens is 391 g/mol. The molecule has 1 amide bonds. The van der Waals surface area contributed by atoms with Crippen LogP contribution < -0.4 is 5.32 Å². The van der Waals surface area contributed by atoms with Gasteiger partial charge in [0, 0.05) is 42.4 Å². The lowest BCUT2D eigenvalue weighted by Crippen LogP contribution is -2.44. The Morgan fingerprint density at radius 2 is 1.58 bits per heavy atom. The van der Waals surface area contributed by atoms with Crippen LogP contribution in [0.25, 0.3) is 11.1 Å². The molecule has 0 atom stereocenters. The third-order valence-corrected chi connectivity index (χ3v) is 6.23. The first-order valence-electron chi connectivity index (χ1n) is 10.6. The summed E-state index contributed by atoms with van der Waals surface area (Å²) < 4.78 is 13.1. The molecule has 5 rings (SSSR count). The minimum Gasteiger partial charge on any atom is -0.349 e. The average Bonchev–Trinajstić information content (AvgIpc) is 3.08. The number of hydrogen-bond acceptors (Lipinski definition) is 3. The summed E-state index contributed by atoms with van der Waals surface area (Å²) in [5.74, 6) is -0.375. The van der Waals surface area contributed by atoms with Gasteiger partial charge >= 0.3 is 0 Å². The number of hydrogen-bond donors (Lipinski definition) is 1. The summed E-state index contributed by atoms with van der Waals surface area (Å²) in [6, 6.07) is 19.7. The van der Waals surface area contributed by atoms with E-state index in [9.17, 15) is 14.0 Å². The standard InChI is InChI=1S/C26H23FN2O2/c27-19-8-5-17(6-9-19)16-29-13-11-20(12-14-29)28-26(31)18-7-10-22-21-3-1-2-4-23(21)25(30)24(22)15-18/h1-10,15,20H,11-14,16H2,(H,28,31). The zero-order chi connectivity index (χ0) is 21.4. The van der Waals surface area contributed by atoms with E-state index in [4.69, 9.17) is 0 Å². The first kappa shape index (κ1) is 19.6. The Bertz CT molecular complexity index is 1150. The quantitative estimate of drug-likeness (QED) is 0.537. The summed E-state index contributed by atoms with van der Waals surface area (Å²) >= 11 is 0. The number of nitrogens with one attached hydrogen (secondary N) is 1. The molecule has 0 unspecified atom stereocenters. The van der Waals surface area contributed by atoms with Crippen LogP contribution in [0.3, 0.4) is 0 Å². The van der Waals surface area contributed by atoms with E-state index in [1.54, 1.807) is 12.1 Å². The lowest BCUT2D eigenvalue weighted by atomic mass is 10.0. The number of likely N-dealkylation sites (tertiary alicyclic amines) is 1. The second kappa shape index (κ2) is 8.08. The molecule has 0 spiro atoms. The van der Waals surface area contributed by atoms with Crippen LogP contribution in [0.5, 0.6) is 0 Å². The van der Waals surface area contributed by atoms with E-state index in [1.165, 1.54) is 12.1 Å². The Balaban J connectivity index is 1.20. The number of fused-ring (bicyclic) bond motifs is 3. The minimum atomic E-state index is -0.220. The fourth-order valence-electron chi connectivity index (χ4n) is 4.52. The van der Waals surface area contributed by atoms with Gasteiger partial charge in [0.2, 0.25) is 0 Å². The predicted molar refractivity (Wildman–Crippen MR) is 117 cm³/mol. The van der Waals surface area contributed by atoms with Crippen molar-refractivity contribution < 1.29 is 14.0 Å². The van der Waals surface area contributed by atoms with Crippen molar-refractivity contribution in [1.82, 2.24) is 10.2 Å². The normalized spacial score (nSPS) is 16.1. The highest BCUT2D eigenvalue weighted by molar-refractivity contribution is 6.22. The largest absolute Gasteiger partial charge is 0.349 e. The van der Waals surface area contributed by atoms with Gasteiger partial charge in [-0.2, -0.15) is 0 Å². The van der Waals surface area contributed by atoms with E-state index >= 15 is 0 Å². The van der Waals surface area contributed by atoms with Crippen molar-refractivity contribution in [2.24, 2.45) is 0 Å². The van der Waals surface area contributed by atoms with Gasteiger partial charge in [-0.25, -0.2) is 4.39 Å². The first-order valence-corrected chi connectivity index (χ1v) is 10.6. The number of nitrogens with zero attached hydrogens (tertiary/aromatic N) is 1. The minimum absolute atomic E-state index is 0.0191. The highest BCUT2D eigenvalue weighted by Gasteiger charge is 2.28. The molecule has 0 saturated carbocycles. The van der Waals surface area contributed by atoms with Crippen molar-refractivity contribution in [2.45, 2.75) is 25.4 Å². The number of halogens is 1. The average molecular weight is 414 g/mol. The zero-order valence-electron chi connectivity index (χ0n) is 17.1. The number of rotatable bonds is 4. The Labute approximate surface area is 180 Å². The van der Waals surface area contributed by atoms with Gasteiger partial charge in [0.25, 0.3) is 5.91 Å². The van der Waals surface area contributed by atoms with E-state index in [-0.39, 0.29) is 23.5 Å². The molecule has 1 N–H and O–H groups in total. The van der Waals surface area contributed by atoms with Crippen LogP contribution in [0.15, 0.2) is 66.7 Å². The first-order chi connectivity index (χ1) is 15.1. The fraction of sp³-hybridized carbons (Fsp3) is 0.231. The van der Waals surface area contributed by atoms with E-state index < -0.39 is 0 Å². The van der Waals surface area contributed by atoms with Crippen LogP contribution in [0.4, 0.5) is 4.39 Å². The molecular formula is C26H23FN2O2. The Morgan fingerprint density at radius 3 is 2.32 bits per heavy atom. The molecule has 0 bridgehead atoms. The molecule has 3 aromatic carbocycles. The summed E-state index contributed by atoms with van der Waals surface area (Å²) in [5.41, 5.74) is 4.74. The number of piperidine rings is 1. The van der Waals surface area contributed by atoms with Crippen LogP contribution in [-0.2, 0) is 6.54 Å². The lowest BCUT2D eigenvalue weighted by Gasteiger charge is -2.32. The van der Waals surface area contributed by atoms with Gasteiger partial charge in [-0.05, 0) is 53.8 Å². The molecule has 2 aliphatic rings. The molecule has 1 aliphatic carbocycles. The molecule has 0 radical (unpaired) electrons. The monoisotopic (exact) mass is 414 g/mol. The second-order valence-corrected chi connectivity index (χ2v) is 8.29. The maximum atomic E-state index is 13.1. The number of ketones is 1. The number of carbonyl (C=O) groups excluding carboxylic acids is 2. The van der Waals surface area contributed by atoms with E-state index in [0.717, 1.165) is 49.2 Å². The molecule has 5 heteroatoms. The van der Waals surface area contributed by atoms with Gasteiger partial charge in [-0.1, -0.05) is 42.5 Å². The van der Waals surface area contributed by atoms with Crippen molar-refractivity contribution in [3.05, 3.63) is 94.8 Å². The molecule has 4 nitrogen and oxygen atoms in total. The summed E-state index contributed by atoms with van der Waals surface area (Å²) in [6.45, 7) is 2.54. The molecule has 31 heavy (non-hydrogen) atoms. The molecule has 0 aromatic heterocycles. The van der Waals surface area contributed by atoms with Crippen LogP contribution in [0.2, 0.25) is 0 Å². The summed E-state index contributed by atoms with van der Waals surface area (Å²) in [7, 11) is 0. The van der Waals surface area contributed by atoms with Gasteiger partial charge in [0.05, 0.1) is 0 Å². The second-order valence-electron chi connectivity index (χ2n) is 8.29. The third-order valence-electron chi connectivity index (χ3n) is 6.23. The molecule has 1 aliphatic heterocycles. The van der Waals surface area contributed by atoms with E-state index in [2.05, 4.69) is 10.2 Å². The zero-order valence-corrected chi connectivity index (χ0v) is 17.1. The number of carbonyl (C=O) groups is 2. The summed E-state index contributed by atoms with van der Waals surface area (Å²) in [4.78, 5) is 27.8. The van der Waals surface area contributed by atoms with E-state index in [0.29, 0.717) is 16.7 Å². The summed E-state index contributed by atoms with van der Waals surface area (Å²) in [6.07, 6.45) is 1.73. The van der Waals surface area contributed by atoms with Crippen LogP contribution in [0.1, 0.15) is 44.7 Å². The van der Waals surface area contributed by atoms with Crippen molar-refractivity contribution in [3.8, 4) is 11.1 Å². The SMILES string of the molecule is O=C(NC1CCN(Cc2ccc(F)cc2)CC1)c1ccc2c(c1)C(=O)c1ccccc1-2. The molecule has 1 saturated heterocycles. The third kappa shape index (κ3) is 3.89. The van der Waals surface area contributed by atoms with Gasteiger partial charge in [-0.15, -0.1) is 0 Å². The van der Waals surface area contributed by atoms with Crippen LogP contribution in [-0.4, -0.2) is 35.7 Å². The molecule has 1 heterocycles. The maximum Gasteiger partial charge on any atom is 0.251 e. The van der Waals surface area contributed by atoms with Crippen molar-refractivity contribution >= 4 is 11.7 Å². The molecule has 156 valence electrons. The van der Waals surface area contributed by atoms with Crippen molar-refractivity contribution in [2.75, 3.05) is 13.1 Å². The highest BCUT2D eigenvalue weighted by Crippen LogP contribution is 2.36. The van der Waals surface area contributed by atoms with Crippen molar-refractivity contribution in [3.63, 3.8) is 0 Å². The number of benzene rings is 3. The lowest BCUT2D eigenvalue weighted by molar-refractivity contribution is 0.0909. The number of amides is 1.